The van der Waals surface area contributed by atoms with Crippen molar-refractivity contribution in [2.45, 2.75) is 12.8 Å². The molecule has 2 heterocycles. The van der Waals surface area contributed by atoms with E-state index in [1.807, 2.05) is 12.1 Å². The van der Waals surface area contributed by atoms with E-state index >= 15 is 0 Å². The van der Waals surface area contributed by atoms with Crippen molar-refractivity contribution in [2.75, 3.05) is 0 Å². The predicted octanol–water partition coefficient (Wildman–Crippen LogP) is 2.71. The Bertz CT molecular complexity index is 880. The van der Waals surface area contributed by atoms with Crippen molar-refractivity contribution in [3.05, 3.63) is 52.4 Å². The van der Waals surface area contributed by atoms with Crippen molar-refractivity contribution in [3.63, 3.8) is 0 Å². The Morgan fingerprint density at radius 3 is 2.77 bits per heavy atom. The first-order valence-corrected chi connectivity index (χ1v) is 7.16. The van der Waals surface area contributed by atoms with E-state index in [0.717, 1.165) is 34.6 Å². The predicted molar refractivity (Wildman–Crippen MR) is 80.5 cm³/mol. The monoisotopic (exact) mass is 314 g/mol. The minimum absolute atomic E-state index is 0.0943. The van der Waals surface area contributed by atoms with Crippen LogP contribution in [0.3, 0.4) is 0 Å². The maximum Gasteiger partial charge on any atom is 0.356 e. The summed E-state index contributed by atoms with van der Waals surface area (Å²) in [7, 11) is 0. The molecule has 0 spiro atoms. The fourth-order valence-corrected chi connectivity index (χ4v) is 2.99. The van der Waals surface area contributed by atoms with Crippen molar-refractivity contribution in [1.29, 1.82) is 0 Å². The lowest BCUT2D eigenvalue weighted by molar-refractivity contribution is 0.0689. The number of aromatic amines is 1. The van der Waals surface area contributed by atoms with Crippen LogP contribution in [0.4, 0.5) is 0 Å². The number of halogens is 1. The maximum absolute atomic E-state index is 11.5. The number of benzene rings is 1. The highest BCUT2D eigenvalue weighted by atomic mass is 35.5. The van der Waals surface area contributed by atoms with Gasteiger partial charge in [-0.2, -0.15) is 10.2 Å². The Balaban J connectivity index is 2.00. The third kappa shape index (κ3) is 1.84. The third-order valence-electron chi connectivity index (χ3n) is 3.86. The van der Waals surface area contributed by atoms with Gasteiger partial charge < -0.3 is 5.11 Å². The van der Waals surface area contributed by atoms with Gasteiger partial charge in [0.1, 0.15) is 0 Å². The summed E-state index contributed by atoms with van der Waals surface area (Å²) in [6.07, 6.45) is 3.07. The number of carboxylic acid groups (broad SMARTS) is 1. The van der Waals surface area contributed by atoms with Gasteiger partial charge in [-0.15, -0.1) is 0 Å². The molecule has 0 radical (unpaired) electrons. The van der Waals surface area contributed by atoms with E-state index < -0.39 is 5.97 Å². The van der Waals surface area contributed by atoms with Gasteiger partial charge in [0.15, 0.2) is 5.69 Å². The molecule has 4 rings (SSSR count). The number of aromatic nitrogens is 4. The molecule has 1 aliphatic rings. The molecule has 0 unspecified atom stereocenters. The Labute approximate surface area is 130 Å². The summed E-state index contributed by atoms with van der Waals surface area (Å²) in [6, 6.07) is 7.14. The first-order valence-electron chi connectivity index (χ1n) is 6.79. The minimum atomic E-state index is -1.02. The van der Waals surface area contributed by atoms with Crippen molar-refractivity contribution >= 4 is 17.6 Å². The van der Waals surface area contributed by atoms with Gasteiger partial charge in [0.2, 0.25) is 0 Å². The third-order valence-corrected chi connectivity index (χ3v) is 4.11. The number of aryl methyl sites for hydroxylation is 1. The smallest absolute Gasteiger partial charge is 0.356 e. The molecule has 110 valence electrons. The lowest BCUT2D eigenvalue weighted by Crippen LogP contribution is -2.07. The number of nitrogens with zero attached hydrogens (tertiary/aromatic N) is 3. The van der Waals surface area contributed by atoms with Crippen molar-refractivity contribution in [3.8, 4) is 16.9 Å². The molecule has 0 fully saturated rings. The first-order chi connectivity index (χ1) is 10.6. The second-order valence-corrected chi connectivity index (χ2v) is 5.57. The van der Waals surface area contributed by atoms with Gasteiger partial charge in [0.05, 0.1) is 17.6 Å². The van der Waals surface area contributed by atoms with Crippen LogP contribution in [0, 0.1) is 0 Å². The number of carbonyl (C=O) groups is 1. The van der Waals surface area contributed by atoms with Crippen LogP contribution in [0.5, 0.6) is 0 Å². The van der Waals surface area contributed by atoms with Crippen LogP contribution >= 0.6 is 11.6 Å². The molecule has 0 aliphatic heterocycles. The van der Waals surface area contributed by atoms with Crippen LogP contribution in [0.25, 0.3) is 16.9 Å². The molecule has 0 bridgehead atoms. The van der Waals surface area contributed by atoms with Crippen LogP contribution in [0.2, 0.25) is 5.02 Å². The van der Waals surface area contributed by atoms with E-state index in [1.165, 1.54) is 0 Å². The largest absolute Gasteiger partial charge is 0.476 e. The van der Waals surface area contributed by atoms with Crippen LogP contribution in [-0.2, 0) is 12.8 Å². The molecule has 6 nitrogen and oxygen atoms in total. The first kappa shape index (κ1) is 13.1. The second-order valence-electron chi connectivity index (χ2n) is 5.13. The molecule has 0 saturated carbocycles. The van der Waals surface area contributed by atoms with Crippen LogP contribution in [0.1, 0.15) is 21.7 Å². The van der Waals surface area contributed by atoms with Crippen molar-refractivity contribution in [2.24, 2.45) is 0 Å². The lowest BCUT2D eigenvalue weighted by Gasteiger charge is -2.14. The van der Waals surface area contributed by atoms with Gasteiger partial charge in [-0.05, 0) is 37.1 Å². The summed E-state index contributed by atoms with van der Waals surface area (Å²) in [4.78, 5) is 11.5. The molecule has 0 atom stereocenters. The number of rotatable bonds is 2. The molecule has 1 aromatic carbocycles. The number of H-pyrrole nitrogens is 1. The van der Waals surface area contributed by atoms with Crippen molar-refractivity contribution in [1.82, 2.24) is 20.0 Å². The molecule has 7 heteroatoms. The fraction of sp³-hybridized carbons (Fsp3) is 0.133. The van der Waals surface area contributed by atoms with Gasteiger partial charge in [-0.3, -0.25) is 5.10 Å². The zero-order valence-electron chi connectivity index (χ0n) is 11.4. The average molecular weight is 315 g/mol. The number of carboxylic acids is 1. The molecule has 0 amide bonds. The zero-order chi connectivity index (χ0) is 15.3. The maximum atomic E-state index is 11.5. The average Bonchev–Trinajstić information content (AvgIpc) is 3.11. The lowest BCUT2D eigenvalue weighted by atomic mass is 9.94. The van der Waals surface area contributed by atoms with E-state index in [-0.39, 0.29) is 5.69 Å². The fourth-order valence-electron chi connectivity index (χ4n) is 2.86. The van der Waals surface area contributed by atoms with Gasteiger partial charge in [0.25, 0.3) is 0 Å². The molecule has 1 aliphatic carbocycles. The normalized spacial score (nSPS) is 12.8. The summed E-state index contributed by atoms with van der Waals surface area (Å²) < 4.78 is 1.66. The minimum Gasteiger partial charge on any atom is -0.476 e. The van der Waals surface area contributed by atoms with Crippen molar-refractivity contribution < 1.29 is 9.90 Å². The number of hydrogen-bond acceptors (Lipinski definition) is 3. The van der Waals surface area contributed by atoms with Gasteiger partial charge in [-0.1, -0.05) is 11.6 Å². The molecule has 3 aromatic rings. The summed E-state index contributed by atoms with van der Waals surface area (Å²) in [5.74, 6) is -1.02. The summed E-state index contributed by atoms with van der Waals surface area (Å²) >= 11 is 5.92. The summed E-state index contributed by atoms with van der Waals surface area (Å²) in [5.41, 5.74) is 4.29. The molecule has 2 aromatic heterocycles. The highest BCUT2D eigenvalue weighted by molar-refractivity contribution is 6.30. The van der Waals surface area contributed by atoms with E-state index in [2.05, 4.69) is 15.3 Å². The Kier molecular flexibility index (Phi) is 2.80. The second kappa shape index (κ2) is 4.71. The quantitative estimate of drug-likeness (QED) is 0.761. The Morgan fingerprint density at radius 2 is 2.05 bits per heavy atom. The number of nitrogens with one attached hydrogen (secondary N) is 1. The molecule has 22 heavy (non-hydrogen) atoms. The highest BCUT2D eigenvalue weighted by Gasteiger charge is 2.29. The Hall–Kier alpha value is -2.60. The van der Waals surface area contributed by atoms with Gasteiger partial charge >= 0.3 is 5.97 Å². The molecule has 2 N–H and O–H groups in total. The molecule has 0 saturated heterocycles. The SMILES string of the molecule is O=C(O)c1nn(-c2ccc(Cl)cc2)c2c1CCc1[nH]ncc1-2. The summed E-state index contributed by atoms with van der Waals surface area (Å²) in [5, 5.41) is 21.4. The van der Waals surface area contributed by atoms with E-state index in [1.54, 1.807) is 23.0 Å². The zero-order valence-corrected chi connectivity index (χ0v) is 12.1. The Morgan fingerprint density at radius 1 is 1.27 bits per heavy atom. The van der Waals surface area contributed by atoms with Gasteiger partial charge in [0, 0.05) is 21.8 Å². The number of hydrogen-bond donors (Lipinski definition) is 2. The van der Waals surface area contributed by atoms with E-state index in [4.69, 9.17) is 11.6 Å². The molecular formula is C15H11ClN4O2. The highest BCUT2D eigenvalue weighted by Crippen LogP contribution is 2.36. The topological polar surface area (TPSA) is 83.8 Å². The summed E-state index contributed by atoms with van der Waals surface area (Å²) in [6.45, 7) is 0. The standard InChI is InChI=1S/C15H11ClN4O2/c16-8-1-3-9(4-2-8)20-14-10(13(19-20)15(21)22)5-6-12-11(14)7-17-18-12/h1-4,7H,5-6H2,(H,17,18)(H,21,22). The van der Waals surface area contributed by atoms with Crippen LogP contribution in [-0.4, -0.2) is 31.1 Å². The molecular weight excluding hydrogens is 304 g/mol. The van der Waals surface area contributed by atoms with Gasteiger partial charge in [-0.25, -0.2) is 9.48 Å². The van der Waals surface area contributed by atoms with E-state index in [9.17, 15) is 9.90 Å². The van der Waals surface area contributed by atoms with Crippen LogP contribution < -0.4 is 0 Å². The number of aromatic carboxylic acids is 1. The number of fused-ring (bicyclic) bond motifs is 3. The van der Waals surface area contributed by atoms with E-state index in [0.29, 0.717) is 11.4 Å². The van der Waals surface area contributed by atoms with Crippen LogP contribution in [0.15, 0.2) is 30.5 Å².